The van der Waals surface area contributed by atoms with Crippen molar-refractivity contribution in [3.63, 3.8) is 0 Å². The summed E-state index contributed by atoms with van der Waals surface area (Å²) in [7, 11) is 1.84. The lowest BCUT2D eigenvalue weighted by Crippen LogP contribution is -2.46. The van der Waals surface area contributed by atoms with Crippen LogP contribution < -0.4 is 11.1 Å². The fourth-order valence-electron chi connectivity index (χ4n) is 1.41. The highest BCUT2D eigenvalue weighted by Gasteiger charge is 2.15. The van der Waals surface area contributed by atoms with Gasteiger partial charge in [-0.3, -0.25) is 9.69 Å². The summed E-state index contributed by atoms with van der Waals surface area (Å²) in [5.41, 5.74) is 5.52. The van der Waals surface area contributed by atoms with Gasteiger partial charge in [0.25, 0.3) is 0 Å². The first kappa shape index (κ1) is 15.3. The molecule has 0 heterocycles. The SMILES string of the molecule is CCCC(C)NC(=O)CN(C)C(C)C(N)=S. The first-order valence-electron chi connectivity index (χ1n) is 5.67. The number of rotatable bonds is 7. The number of hydrogen-bond donors (Lipinski definition) is 2. The Morgan fingerprint density at radius 3 is 2.50 bits per heavy atom. The van der Waals surface area contributed by atoms with E-state index in [0.717, 1.165) is 12.8 Å². The molecule has 5 heteroatoms. The third kappa shape index (κ3) is 6.02. The first-order valence-corrected chi connectivity index (χ1v) is 6.08. The Morgan fingerprint density at radius 1 is 1.50 bits per heavy atom. The van der Waals surface area contributed by atoms with Crippen LogP contribution in [-0.4, -0.2) is 41.5 Å². The van der Waals surface area contributed by atoms with E-state index in [2.05, 4.69) is 12.2 Å². The van der Waals surface area contributed by atoms with Gasteiger partial charge < -0.3 is 11.1 Å². The number of carbonyl (C=O) groups excluding carboxylic acids is 1. The quantitative estimate of drug-likeness (QED) is 0.654. The fourth-order valence-corrected chi connectivity index (χ4v) is 1.59. The summed E-state index contributed by atoms with van der Waals surface area (Å²) < 4.78 is 0. The number of nitrogens with two attached hydrogens (primary N) is 1. The first-order chi connectivity index (χ1) is 7.38. The van der Waals surface area contributed by atoms with Crippen molar-refractivity contribution in [2.45, 2.75) is 45.7 Å². The summed E-state index contributed by atoms with van der Waals surface area (Å²) in [5, 5.41) is 2.94. The zero-order valence-electron chi connectivity index (χ0n) is 10.6. The molecule has 0 aromatic carbocycles. The van der Waals surface area contributed by atoms with Crippen molar-refractivity contribution < 1.29 is 4.79 Å². The van der Waals surface area contributed by atoms with Crippen molar-refractivity contribution >= 4 is 23.1 Å². The molecule has 0 saturated heterocycles. The van der Waals surface area contributed by atoms with Crippen LogP contribution in [0.4, 0.5) is 0 Å². The van der Waals surface area contributed by atoms with Crippen LogP contribution in [0.1, 0.15) is 33.6 Å². The van der Waals surface area contributed by atoms with E-state index in [-0.39, 0.29) is 18.0 Å². The number of nitrogens with zero attached hydrogens (tertiary/aromatic N) is 1. The van der Waals surface area contributed by atoms with Crippen molar-refractivity contribution in [1.29, 1.82) is 0 Å². The Bertz CT molecular complexity index is 245. The zero-order chi connectivity index (χ0) is 12.7. The van der Waals surface area contributed by atoms with Crippen LogP contribution >= 0.6 is 12.2 Å². The second-order valence-corrected chi connectivity index (χ2v) is 4.72. The number of thiocarbonyl (C=S) groups is 1. The lowest BCUT2D eigenvalue weighted by Gasteiger charge is -2.23. The second kappa shape index (κ2) is 7.57. The fraction of sp³-hybridized carbons (Fsp3) is 0.818. The summed E-state index contributed by atoms with van der Waals surface area (Å²) in [6, 6.07) is 0.174. The van der Waals surface area contributed by atoms with Gasteiger partial charge in [0.1, 0.15) is 0 Å². The molecule has 0 bridgehead atoms. The molecular weight excluding hydrogens is 222 g/mol. The molecule has 0 aliphatic heterocycles. The smallest absolute Gasteiger partial charge is 0.234 e. The van der Waals surface area contributed by atoms with E-state index < -0.39 is 0 Å². The van der Waals surface area contributed by atoms with Gasteiger partial charge in [-0.25, -0.2) is 0 Å². The number of likely N-dealkylation sites (N-methyl/N-ethyl adjacent to an activating group) is 1. The molecule has 0 aromatic heterocycles. The molecule has 1 amide bonds. The lowest BCUT2D eigenvalue weighted by atomic mass is 10.2. The molecule has 2 atom stereocenters. The van der Waals surface area contributed by atoms with Gasteiger partial charge in [0.05, 0.1) is 17.6 Å². The van der Waals surface area contributed by atoms with Gasteiger partial charge in [-0.2, -0.15) is 0 Å². The van der Waals surface area contributed by atoms with Gasteiger partial charge in [-0.15, -0.1) is 0 Å². The normalized spacial score (nSPS) is 14.6. The molecule has 0 fully saturated rings. The van der Waals surface area contributed by atoms with Crippen molar-refractivity contribution in [1.82, 2.24) is 10.2 Å². The molecule has 0 radical (unpaired) electrons. The van der Waals surface area contributed by atoms with Crippen LogP contribution in [0.3, 0.4) is 0 Å². The highest BCUT2D eigenvalue weighted by Crippen LogP contribution is 1.97. The minimum Gasteiger partial charge on any atom is -0.392 e. The average molecular weight is 245 g/mol. The molecule has 94 valence electrons. The van der Waals surface area contributed by atoms with E-state index in [1.807, 2.05) is 25.8 Å². The van der Waals surface area contributed by atoms with Crippen LogP contribution in [0.5, 0.6) is 0 Å². The number of carbonyl (C=O) groups is 1. The zero-order valence-corrected chi connectivity index (χ0v) is 11.4. The summed E-state index contributed by atoms with van der Waals surface area (Å²) in [4.78, 5) is 13.9. The minimum absolute atomic E-state index is 0.0200. The number of hydrogen-bond acceptors (Lipinski definition) is 3. The van der Waals surface area contributed by atoms with Gasteiger partial charge in [0, 0.05) is 6.04 Å². The van der Waals surface area contributed by atoms with E-state index in [1.54, 1.807) is 0 Å². The molecule has 4 nitrogen and oxygen atoms in total. The van der Waals surface area contributed by atoms with Crippen molar-refractivity contribution in [3.8, 4) is 0 Å². The van der Waals surface area contributed by atoms with E-state index in [9.17, 15) is 4.79 Å². The van der Waals surface area contributed by atoms with Gasteiger partial charge in [0.2, 0.25) is 5.91 Å². The number of amides is 1. The van der Waals surface area contributed by atoms with E-state index in [4.69, 9.17) is 18.0 Å². The Labute approximate surface area is 104 Å². The summed E-state index contributed by atoms with van der Waals surface area (Å²) >= 11 is 4.88. The van der Waals surface area contributed by atoms with Crippen molar-refractivity contribution in [3.05, 3.63) is 0 Å². The maximum atomic E-state index is 11.6. The summed E-state index contributed by atoms with van der Waals surface area (Å²) in [6.45, 7) is 6.33. The Kier molecular flexibility index (Phi) is 7.25. The molecule has 0 saturated carbocycles. The van der Waals surface area contributed by atoms with Crippen molar-refractivity contribution in [2.75, 3.05) is 13.6 Å². The highest BCUT2D eigenvalue weighted by atomic mass is 32.1. The molecule has 0 aliphatic rings. The van der Waals surface area contributed by atoms with Crippen LogP contribution in [-0.2, 0) is 4.79 Å². The van der Waals surface area contributed by atoms with Gasteiger partial charge in [-0.05, 0) is 27.3 Å². The number of nitrogens with one attached hydrogen (secondary N) is 1. The predicted molar refractivity (Wildman–Crippen MR) is 71.4 cm³/mol. The van der Waals surface area contributed by atoms with Gasteiger partial charge >= 0.3 is 0 Å². The molecule has 16 heavy (non-hydrogen) atoms. The molecule has 0 aliphatic carbocycles. The van der Waals surface area contributed by atoms with E-state index in [0.29, 0.717) is 11.5 Å². The van der Waals surface area contributed by atoms with Crippen LogP contribution in [0, 0.1) is 0 Å². The molecular formula is C11H23N3OS. The molecule has 0 aromatic rings. The standard InChI is InChI=1S/C11H23N3OS/c1-5-6-8(2)13-10(15)7-14(4)9(3)11(12)16/h8-9H,5-7H2,1-4H3,(H2,12,16)(H,13,15). The Balaban J connectivity index is 4.00. The van der Waals surface area contributed by atoms with Gasteiger partial charge in [0.15, 0.2) is 0 Å². The third-order valence-electron chi connectivity index (χ3n) is 2.60. The molecule has 0 rings (SSSR count). The van der Waals surface area contributed by atoms with Crippen LogP contribution in [0.15, 0.2) is 0 Å². The largest absolute Gasteiger partial charge is 0.392 e. The minimum atomic E-state index is -0.0535. The summed E-state index contributed by atoms with van der Waals surface area (Å²) in [5.74, 6) is 0.0200. The third-order valence-corrected chi connectivity index (χ3v) is 2.94. The van der Waals surface area contributed by atoms with Crippen LogP contribution in [0.25, 0.3) is 0 Å². The van der Waals surface area contributed by atoms with Gasteiger partial charge in [-0.1, -0.05) is 25.6 Å². The lowest BCUT2D eigenvalue weighted by molar-refractivity contribution is -0.122. The topological polar surface area (TPSA) is 58.4 Å². The molecule has 2 unspecified atom stereocenters. The average Bonchev–Trinajstić information content (AvgIpc) is 2.16. The molecule has 0 spiro atoms. The van der Waals surface area contributed by atoms with E-state index in [1.165, 1.54) is 0 Å². The Hall–Kier alpha value is -0.680. The van der Waals surface area contributed by atoms with Crippen molar-refractivity contribution in [2.24, 2.45) is 5.73 Å². The summed E-state index contributed by atoms with van der Waals surface area (Å²) in [6.07, 6.45) is 2.07. The molecule has 3 N–H and O–H groups in total. The van der Waals surface area contributed by atoms with E-state index >= 15 is 0 Å². The maximum absolute atomic E-state index is 11.6. The highest BCUT2D eigenvalue weighted by molar-refractivity contribution is 7.80. The maximum Gasteiger partial charge on any atom is 0.234 e. The predicted octanol–water partition coefficient (Wildman–Crippen LogP) is 0.898. The second-order valence-electron chi connectivity index (χ2n) is 4.25. The monoisotopic (exact) mass is 245 g/mol. The van der Waals surface area contributed by atoms with Crippen LogP contribution in [0.2, 0.25) is 0 Å². The Morgan fingerprint density at radius 2 is 2.06 bits per heavy atom.